The van der Waals surface area contributed by atoms with E-state index in [0.29, 0.717) is 22.0 Å². The van der Waals surface area contributed by atoms with Crippen molar-refractivity contribution in [1.82, 2.24) is 10.3 Å². The van der Waals surface area contributed by atoms with Gasteiger partial charge in [0.15, 0.2) is 6.61 Å². The van der Waals surface area contributed by atoms with Gasteiger partial charge in [0, 0.05) is 13.1 Å². The first-order valence-corrected chi connectivity index (χ1v) is 9.80. The first-order chi connectivity index (χ1) is 14.5. The minimum Gasteiger partial charge on any atom is -0.484 e. The van der Waals surface area contributed by atoms with Crippen molar-refractivity contribution < 1.29 is 19.1 Å². The molecular formula is C21H21ClN4O4. The predicted molar refractivity (Wildman–Crippen MR) is 114 cm³/mol. The van der Waals surface area contributed by atoms with Gasteiger partial charge in [-0.15, -0.1) is 0 Å². The van der Waals surface area contributed by atoms with Crippen molar-refractivity contribution in [3.8, 4) is 5.75 Å². The van der Waals surface area contributed by atoms with Gasteiger partial charge < -0.3 is 15.0 Å². The van der Waals surface area contributed by atoms with Crippen molar-refractivity contribution in [1.29, 1.82) is 0 Å². The van der Waals surface area contributed by atoms with Crippen molar-refractivity contribution in [3.63, 3.8) is 0 Å². The van der Waals surface area contributed by atoms with Crippen LogP contribution < -0.4 is 15.5 Å². The molecule has 2 N–H and O–H groups in total. The second-order valence-electron chi connectivity index (χ2n) is 6.58. The number of ether oxygens (including phenoxy) is 1. The Kier molecular flexibility index (Phi) is 7.40. The van der Waals surface area contributed by atoms with E-state index >= 15 is 0 Å². The van der Waals surface area contributed by atoms with Crippen molar-refractivity contribution in [3.05, 3.63) is 59.1 Å². The van der Waals surface area contributed by atoms with Crippen molar-refractivity contribution in [2.24, 2.45) is 5.10 Å². The Labute approximate surface area is 178 Å². The number of anilines is 1. The molecule has 1 saturated heterocycles. The molecule has 1 aliphatic rings. The Morgan fingerprint density at radius 3 is 2.60 bits per heavy atom. The number of hydrogen-bond acceptors (Lipinski definition) is 5. The van der Waals surface area contributed by atoms with E-state index in [1.54, 1.807) is 53.4 Å². The molecule has 1 aliphatic heterocycles. The zero-order valence-electron chi connectivity index (χ0n) is 16.1. The molecule has 9 heteroatoms. The van der Waals surface area contributed by atoms with Gasteiger partial charge >= 0.3 is 11.8 Å². The van der Waals surface area contributed by atoms with Crippen LogP contribution in [0.4, 0.5) is 5.69 Å². The van der Waals surface area contributed by atoms with Gasteiger partial charge in [-0.2, -0.15) is 5.10 Å². The monoisotopic (exact) mass is 428 g/mol. The number of para-hydroxylation sites is 1. The summed E-state index contributed by atoms with van der Waals surface area (Å²) in [6, 6.07) is 13.5. The predicted octanol–water partition coefficient (Wildman–Crippen LogP) is 2.43. The molecule has 0 saturated carbocycles. The van der Waals surface area contributed by atoms with E-state index in [0.717, 1.165) is 25.9 Å². The Morgan fingerprint density at radius 1 is 1.07 bits per heavy atom. The number of hydrogen-bond donors (Lipinski definition) is 2. The lowest BCUT2D eigenvalue weighted by molar-refractivity contribution is -0.136. The van der Waals surface area contributed by atoms with Crippen LogP contribution in [-0.4, -0.2) is 48.5 Å². The summed E-state index contributed by atoms with van der Waals surface area (Å²) in [5, 5.41) is 6.50. The highest BCUT2D eigenvalue weighted by Gasteiger charge is 2.18. The number of halogens is 1. The van der Waals surface area contributed by atoms with E-state index < -0.39 is 11.8 Å². The van der Waals surface area contributed by atoms with E-state index in [1.807, 2.05) is 0 Å². The summed E-state index contributed by atoms with van der Waals surface area (Å²) in [4.78, 5) is 37.6. The summed E-state index contributed by atoms with van der Waals surface area (Å²) in [6.45, 7) is 1.52. The molecule has 0 atom stereocenters. The summed E-state index contributed by atoms with van der Waals surface area (Å²) in [5.74, 6) is -1.36. The van der Waals surface area contributed by atoms with Crippen LogP contribution in [0.3, 0.4) is 0 Å². The number of carbonyl (C=O) groups excluding carboxylic acids is 3. The molecule has 30 heavy (non-hydrogen) atoms. The van der Waals surface area contributed by atoms with Crippen LogP contribution in [0.5, 0.6) is 5.75 Å². The largest absolute Gasteiger partial charge is 0.484 e. The topological polar surface area (TPSA) is 100 Å². The maximum atomic E-state index is 12.0. The number of carbonyl (C=O) groups is 3. The highest BCUT2D eigenvalue weighted by molar-refractivity contribution is 6.41. The summed E-state index contributed by atoms with van der Waals surface area (Å²) in [6.07, 6.45) is 3.43. The number of nitrogens with one attached hydrogen (secondary N) is 2. The summed E-state index contributed by atoms with van der Waals surface area (Å²) in [7, 11) is 0. The van der Waals surface area contributed by atoms with Crippen molar-refractivity contribution in [2.75, 3.05) is 25.0 Å². The molecule has 3 rings (SSSR count). The number of benzene rings is 2. The molecule has 0 aromatic heterocycles. The molecular weight excluding hydrogens is 408 g/mol. The molecule has 0 bridgehead atoms. The van der Waals surface area contributed by atoms with Crippen LogP contribution in [-0.2, 0) is 14.4 Å². The lowest BCUT2D eigenvalue weighted by Gasteiger charge is -2.15. The van der Waals surface area contributed by atoms with Crippen LogP contribution in [0.1, 0.15) is 18.4 Å². The Balaban J connectivity index is 1.49. The fourth-order valence-corrected chi connectivity index (χ4v) is 3.03. The number of rotatable bonds is 6. The van der Waals surface area contributed by atoms with E-state index in [4.69, 9.17) is 16.3 Å². The summed E-state index contributed by atoms with van der Waals surface area (Å²) in [5.41, 5.74) is 3.11. The molecule has 3 amide bonds. The van der Waals surface area contributed by atoms with E-state index in [2.05, 4.69) is 15.8 Å². The highest BCUT2D eigenvalue weighted by Crippen LogP contribution is 2.20. The molecule has 1 heterocycles. The standard InChI is InChI=1S/C21H21ClN4O4/c22-17-8-1-2-9-18(17)24-20(28)21(29)25-23-13-15-6-5-7-16(12-15)30-14-19(27)26-10-3-4-11-26/h1-2,5-9,12-13H,3-4,10-11,14H2,(H,24,28)(H,25,29)/b23-13-. The molecule has 156 valence electrons. The quantitative estimate of drug-likeness (QED) is 0.419. The second kappa shape index (κ2) is 10.4. The summed E-state index contributed by atoms with van der Waals surface area (Å²) < 4.78 is 5.55. The van der Waals surface area contributed by atoms with Crippen LogP contribution in [0.2, 0.25) is 5.02 Å². The van der Waals surface area contributed by atoms with Gasteiger partial charge in [-0.25, -0.2) is 5.43 Å². The van der Waals surface area contributed by atoms with Gasteiger partial charge in [0.05, 0.1) is 16.9 Å². The normalized spacial score (nSPS) is 13.3. The van der Waals surface area contributed by atoms with Crippen molar-refractivity contribution >= 4 is 41.2 Å². The van der Waals surface area contributed by atoms with Crippen LogP contribution in [0.25, 0.3) is 0 Å². The maximum Gasteiger partial charge on any atom is 0.329 e. The fourth-order valence-electron chi connectivity index (χ4n) is 2.85. The molecule has 2 aromatic carbocycles. The average Bonchev–Trinajstić information content (AvgIpc) is 3.29. The van der Waals surface area contributed by atoms with Gasteiger partial charge in [0.1, 0.15) is 5.75 Å². The van der Waals surface area contributed by atoms with E-state index in [9.17, 15) is 14.4 Å². The minimum atomic E-state index is -0.935. The van der Waals surface area contributed by atoms with Gasteiger partial charge in [-0.05, 0) is 42.7 Å². The van der Waals surface area contributed by atoms with E-state index in [1.165, 1.54) is 6.21 Å². The minimum absolute atomic E-state index is 0.0282. The zero-order valence-corrected chi connectivity index (χ0v) is 16.9. The number of hydrazone groups is 1. The third-order valence-corrected chi connectivity index (χ3v) is 4.72. The highest BCUT2D eigenvalue weighted by atomic mass is 35.5. The summed E-state index contributed by atoms with van der Waals surface area (Å²) >= 11 is 5.94. The van der Waals surface area contributed by atoms with Gasteiger partial charge in [0.25, 0.3) is 5.91 Å². The molecule has 0 unspecified atom stereocenters. The van der Waals surface area contributed by atoms with Crippen LogP contribution in [0, 0.1) is 0 Å². The van der Waals surface area contributed by atoms with Crippen LogP contribution >= 0.6 is 11.6 Å². The Hall–Kier alpha value is -3.39. The smallest absolute Gasteiger partial charge is 0.329 e. The first-order valence-electron chi connectivity index (χ1n) is 9.42. The lowest BCUT2D eigenvalue weighted by atomic mass is 10.2. The number of likely N-dealkylation sites (tertiary alicyclic amines) is 1. The second-order valence-corrected chi connectivity index (χ2v) is 6.99. The lowest BCUT2D eigenvalue weighted by Crippen LogP contribution is -2.32. The SMILES string of the molecule is O=C(N/N=C\c1cccc(OCC(=O)N2CCCC2)c1)C(=O)Nc1ccccc1Cl. The third kappa shape index (κ3) is 6.05. The van der Waals surface area contributed by atoms with E-state index in [-0.39, 0.29) is 12.5 Å². The molecule has 0 radical (unpaired) electrons. The zero-order chi connectivity index (χ0) is 21.3. The first kappa shape index (κ1) is 21.3. The Bertz CT molecular complexity index is 958. The molecule has 0 spiro atoms. The van der Waals surface area contributed by atoms with Gasteiger partial charge in [0.2, 0.25) is 0 Å². The maximum absolute atomic E-state index is 12.0. The molecule has 2 aromatic rings. The van der Waals surface area contributed by atoms with Crippen LogP contribution in [0.15, 0.2) is 53.6 Å². The number of amides is 3. The number of nitrogens with zero attached hydrogens (tertiary/aromatic N) is 2. The molecule has 0 aliphatic carbocycles. The van der Waals surface area contributed by atoms with Crippen molar-refractivity contribution in [2.45, 2.75) is 12.8 Å². The average molecular weight is 429 g/mol. The molecule has 1 fully saturated rings. The van der Waals surface area contributed by atoms with Gasteiger partial charge in [-0.1, -0.05) is 35.9 Å². The molecule has 8 nitrogen and oxygen atoms in total. The third-order valence-electron chi connectivity index (χ3n) is 4.39. The fraction of sp³-hybridized carbons (Fsp3) is 0.238. The van der Waals surface area contributed by atoms with Gasteiger partial charge in [-0.3, -0.25) is 14.4 Å². The Morgan fingerprint density at radius 2 is 1.83 bits per heavy atom.